The first-order valence-corrected chi connectivity index (χ1v) is 6.70. The van der Waals surface area contributed by atoms with Crippen LogP contribution in [-0.2, 0) is 6.54 Å². The number of carbonyl (C=O) groups excluding carboxylic acids is 1. The monoisotopic (exact) mass is 270 g/mol. The Morgan fingerprint density at radius 3 is 2.75 bits per heavy atom. The summed E-state index contributed by atoms with van der Waals surface area (Å²) in [5, 5.41) is 0. The molecule has 1 aliphatic carbocycles. The maximum Gasteiger partial charge on any atom is 0.254 e. The van der Waals surface area contributed by atoms with Crippen LogP contribution in [0.25, 0.3) is 0 Å². The van der Waals surface area contributed by atoms with Gasteiger partial charge in [0.1, 0.15) is 5.82 Å². The largest absolute Gasteiger partial charge is 0.330 e. The number of benzene rings is 1. The van der Waals surface area contributed by atoms with Crippen molar-refractivity contribution in [2.24, 2.45) is 0 Å². The third-order valence-electron chi connectivity index (χ3n) is 3.38. The van der Waals surface area contributed by atoms with Crippen LogP contribution in [0.2, 0.25) is 0 Å². The van der Waals surface area contributed by atoms with Gasteiger partial charge in [0.15, 0.2) is 0 Å². The minimum absolute atomic E-state index is 0.127. The second-order valence-corrected chi connectivity index (χ2v) is 5.00. The fraction of sp³-hybridized carbons (Fsp3) is 0.250. The first kappa shape index (κ1) is 12.8. The van der Waals surface area contributed by atoms with Crippen LogP contribution in [0.4, 0.5) is 4.39 Å². The molecule has 0 bridgehead atoms. The Kier molecular flexibility index (Phi) is 3.46. The Labute approximate surface area is 117 Å². The second kappa shape index (κ2) is 5.41. The Hall–Kier alpha value is -2.23. The van der Waals surface area contributed by atoms with Crippen LogP contribution >= 0.6 is 0 Å². The molecule has 0 radical (unpaired) electrons. The molecule has 1 aliphatic rings. The zero-order chi connectivity index (χ0) is 13.9. The first-order valence-electron chi connectivity index (χ1n) is 6.70. The highest BCUT2D eigenvalue weighted by Crippen LogP contribution is 2.29. The Bertz CT molecular complexity index is 611. The molecule has 1 aromatic heterocycles. The summed E-state index contributed by atoms with van der Waals surface area (Å²) in [4.78, 5) is 18.6. The topological polar surface area (TPSA) is 33.2 Å². The van der Waals surface area contributed by atoms with Gasteiger partial charge in [-0.1, -0.05) is 12.1 Å². The number of halogens is 1. The number of nitrogens with zero attached hydrogens (tertiary/aromatic N) is 2. The van der Waals surface area contributed by atoms with E-state index in [0.717, 1.165) is 18.5 Å². The van der Waals surface area contributed by atoms with Gasteiger partial charge in [0.25, 0.3) is 5.91 Å². The SMILES string of the molecule is O=C(c1cccc(F)c1)N(Cc1ccccn1)C1CC1. The van der Waals surface area contributed by atoms with E-state index in [1.54, 1.807) is 23.2 Å². The molecule has 1 amide bonds. The van der Waals surface area contributed by atoms with Crippen LogP contribution < -0.4 is 0 Å². The maximum atomic E-state index is 13.3. The van der Waals surface area contributed by atoms with Gasteiger partial charge >= 0.3 is 0 Å². The normalized spacial score (nSPS) is 14.1. The molecule has 0 atom stereocenters. The highest BCUT2D eigenvalue weighted by Gasteiger charge is 2.33. The van der Waals surface area contributed by atoms with Crippen LogP contribution in [0.1, 0.15) is 28.9 Å². The molecule has 0 unspecified atom stereocenters. The molecule has 0 aliphatic heterocycles. The maximum absolute atomic E-state index is 13.3. The minimum atomic E-state index is -0.385. The summed E-state index contributed by atoms with van der Waals surface area (Å²) in [6.45, 7) is 0.473. The third kappa shape index (κ3) is 2.85. The Balaban J connectivity index is 1.82. The number of hydrogen-bond acceptors (Lipinski definition) is 2. The number of hydrogen-bond donors (Lipinski definition) is 0. The van der Waals surface area contributed by atoms with Crippen LogP contribution in [0, 0.1) is 5.82 Å². The molecule has 0 saturated heterocycles. The summed E-state index contributed by atoms with van der Waals surface area (Å²) < 4.78 is 13.3. The van der Waals surface area contributed by atoms with Gasteiger partial charge in [-0.25, -0.2) is 4.39 Å². The molecular weight excluding hydrogens is 255 g/mol. The highest BCUT2D eigenvalue weighted by molar-refractivity contribution is 5.94. The fourth-order valence-electron chi connectivity index (χ4n) is 2.21. The third-order valence-corrected chi connectivity index (χ3v) is 3.38. The van der Waals surface area contributed by atoms with Crippen molar-refractivity contribution in [1.29, 1.82) is 0 Å². The van der Waals surface area contributed by atoms with Gasteiger partial charge in [-0.3, -0.25) is 9.78 Å². The van der Waals surface area contributed by atoms with Crippen molar-refractivity contribution in [2.45, 2.75) is 25.4 Å². The van der Waals surface area contributed by atoms with Crippen molar-refractivity contribution in [1.82, 2.24) is 9.88 Å². The molecule has 1 heterocycles. The van der Waals surface area contributed by atoms with E-state index in [-0.39, 0.29) is 17.8 Å². The summed E-state index contributed by atoms with van der Waals surface area (Å²) in [7, 11) is 0. The van der Waals surface area contributed by atoms with Gasteiger partial charge < -0.3 is 4.90 Å². The lowest BCUT2D eigenvalue weighted by molar-refractivity contribution is 0.0727. The molecule has 1 saturated carbocycles. The highest BCUT2D eigenvalue weighted by atomic mass is 19.1. The van der Waals surface area contributed by atoms with Gasteiger partial charge in [-0.2, -0.15) is 0 Å². The van der Waals surface area contributed by atoms with Gasteiger partial charge in [0.2, 0.25) is 0 Å². The van der Waals surface area contributed by atoms with Crippen LogP contribution in [0.5, 0.6) is 0 Å². The lowest BCUT2D eigenvalue weighted by atomic mass is 10.2. The summed E-state index contributed by atoms with van der Waals surface area (Å²) >= 11 is 0. The minimum Gasteiger partial charge on any atom is -0.330 e. The number of amides is 1. The van der Waals surface area contributed by atoms with Crippen molar-refractivity contribution >= 4 is 5.91 Å². The van der Waals surface area contributed by atoms with Crippen molar-refractivity contribution in [3.05, 3.63) is 65.7 Å². The van der Waals surface area contributed by atoms with Crippen molar-refractivity contribution in [3.8, 4) is 0 Å². The number of rotatable bonds is 4. The fourth-order valence-corrected chi connectivity index (χ4v) is 2.21. The van der Waals surface area contributed by atoms with Gasteiger partial charge in [-0.05, 0) is 43.2 Å². The van der Waals surface area contributed by atoms with E-state index in [1.807, 2.05) is 18.2 Å². The smallest absolute Gasteiger partial charge is 0.254 e. The van der Waals surface area contributed by atoms with E-state index < -0.39 is 0 Å². The predicted octanol–water partition coefficient (Wildman–Crippen LogP) is 3.03. The molecule has 2 aromatic rings. The average Bonchev–Trinajstić information content (AvgIpc) is 3.30. The zero-order valence-corrected chi connectivity index (χ0v) is 11.0. The second-order valence-electron chi connectivity index (χ2n) is 5.00. The zero-order valence-electron chi connectivity index (χ0n) is 11.0. The Morgan fingerprint density at radius 2 is 2.10 bits per heavy atom. The van der Waals surface area contributed by atoms with Crippen LogP contribution in [-0.4, -0.2) is 21.8 Å². The number of aromatic nitrogens is 1. The van der Waals surface area contributed by atoms with Crippen LogP contribution in [0.15, 0.2) is 48.7 Å². The molecule has 0 spiro atoms. The molecule has 4 heteroatoms. The molecule has 1 aromatic carbocycles. The molecule has 0 N–H and O–H groups in total. The van der Waals surface area contributed by atoms with Crippen LogP contribution in [0.3, 0.4) is 0 Å². The van der Waals surface area contributed by atoms with E-state index in [0.29, 0.717) is 12.1 Å². The predicted molar refractivity (Wildman–Crippen MR) is 73.5 cm³/mol. The van der Waals surface area contributed by atoms with E-state index in [2.05, 4.69) is 4.98 Å². The molecule has 1 fully saturated rings. The molecular formula is C16H15FN2O. The standard InChI is InChI=1S/C16H15FN2O/c17-13-5-3-4-12(10-13)16(20)19(15-7-8-15)11-14-6-1-2-9-18-14/h1-6,9-10,15H,7-8,11H2. The Morgan fingerprint density at radius 1 is 1.25 bits per heavy atom. The van der Waals surface area contributed by atoms with Gasteiger partial charge in [0, 0.05) is 17.8 Å². The summed E-state index contributed by atoms with van der Waals surface area (Å²) in [6, 6.07) is 11.8. The lowest BCUT2D eigenvalue weighted by Crippen LogP contribution is -2.32. The van der Waals surface area contributed by atoms with Gasteiger partial charge in [0.05, 0.1) is 12.2 Å². The van der Waals surface area contributed by atoms with Crippen molar-refractivity contribution in [3.63, 3.8) is 0 Å². The molecule has 3 rings (SSSR count). The van der Waals surface area contributed by atoms with E-state index in [1.165, 1.54) is 12.1 Å². The molecule has 102 valence electrons. The van der Waals surface area contributed by atoms with E-state index in [4.69, 9.17) is 0 Å². The number of carbonyl (C=O) groups is 1. The lowest BCUT2D eigenvalue weighted by Gasteiger charge is -2.22. The molecule has 20 heavy (non-hydrogen) atoms. The number of pyridine rings is 1. The quantitative estimate of drug-likeness (QED) is 0.855. The van der Waals surface area contributed by atoms with Crippen molar-refractivity contribution in [2.75, 3.05) is 0 Å². The van der Waals surface area contributed by atoms with Gasteiger partial charge in [-0.15, -0.1) is 0 Å². The summed E-state index contributed by atoms with van der Waals surface area (Å²) in [5.41, 5.74) is 1.25. The summed E-state index contributed by atoms with van der Waals surface area (Å²) in [5.74, 6) is -0.512. The summed E-state index contributed by atoms with van der Waals surface area (Å²) in [6.07, 6.45) is 3.73. The molecule has 3 nitrogen and oxygen atoms in total. The van der Waals surface area contributed by atoms with Crippen molar-refractivity contribution < 1.29 is 9.18 Å². The average molecular weight is 270 g/mol. The van der Waals surface area contributed by atoms with E-state index >= 15 is 0 Å². The van der Waals surface area contributed by atoms with E-state index in [9.17, 15) is 9.18 Å². The first-order chi connectivity index (χ1) is 9.74.